The molecule has 0 aliphatic carbocycles. The molecule has 4 heteroatoms. The van der Waals surface area contributed by atoms with Crippen LogP contribution in [0.3, 0.4) is 0 Å². The quantitative estimate of drug-likeness (QED) is 0.937. The van der Waals surface area contributed by atoms with E-state index in [9.17, 15) is 4.79 Å². The van der Waals surface area contributed by atoms with Gasteiger partial charge in [-0.25, -0.2) is 4.79 Å². The van der Waals surface area contributed by atoms with Gasteiger partial charge >= 0.3 is 5.97 Å². The van der Waals surface area contributed by atoms with E-state index in [1.807, 2.05) is 18.2 Å². The maximum atomic E-state index is 11.0. The van der Waals surface area contributed by atoms with Crippen molar-refractivity contribution in [2.45, 2.75) is 19.6 Å². The number of nitrogens with zero attached hydrogens (tertiary/aromatic N) is 1. The Bertz CT molecular complexity index is 664. The van der Waals surface area contributed by atoms with Gasteiger partial charge in [-0.2, -0.15) is 0 Å². The molecule has 1 N–H and O–H groups in total. The highest BCUT2D eigenvalue weighted by atomic mass is 16.5. The molecule has 1 aliphatic heterocycles. The zero-order chi connectivity index (χ0) is 14.8. The smallest absolute Gasteiger partial charge is 0.335 e. The highest BCUT2D eigenvalue weighted by Crippen LogP contribution is 2.25. The topological polar surface area (TPSA) is 49.8 Å². The Hall–Kier alpha value is -2.33. The summed E-state index contributed by atoms with van der Waals surface area (Å²) in [6.45, 7) is 2.50. The summed E-state index contributed by atoms with van der Waals surface area (Å²) in [6, 6.07) is 13.4. The molecule has 2 aromatic carbocycles. The zero-order valence-electron chi connectivity index (χ0n) is 11.9. The van der Waals surface area contributed by atoms with Crippen LogP contribution < -0.4 is 4.74 Å². The summed E-state index contributed by atoms with van der Waals surface area (Å²) in [5, 5.41) is 9.04. The molecule has 0 amide bonds. The van der Waals surface area contributed by atoms with E-state index in [2.05, 4.69) is 17.0 Å². The second-order valence-electron chi connectivity index (χ2n) is 5.28. The lowest BCUT2D eigenvalue weighted by atomic mass is 10.1. The van der Waals surface area contributed by atoms with Crippen molar-refractivity contribution >= 4 is 5.97 Å². The van der Waals surface area contributed by atoms with Gasteiger partial charge in [-0.15, -0.1) is 0 Å². The molecule has 1 heterocycles. The maximum absolute atomic E-state index is 11.0. The van der Waals surface area contributed by atoms with Crippen LogP contribution >= 0.6 is 0 Å². The molecule has 21 heavy (non-hydrogen) atoms. The van der Waals surface area contributed by atoms with Gasteiger partial charge in [0.15, 0.2) is 0 Å². The number of ether oxygens (including phenoxy) is 1. The van der Waals surface area contributed by atoms with Crippen LogP contribution in [0.4, 0.5) is 0 Å². The second kappa shape index (κ2) is 5.58. The molecule has 0 saturated carbocycles. The molecule has 0 aromatic heterocycles. The van der Waals surface area contributed by atoms with Crippen molar-refractivity contribution in [2.75, 3.05) is 7.11 Å². The van der Waals surface area contributed by atoms with E-state index in [0.29, 0.717) is 5.56 Å². The normalized spacial score (nSPS) is 14.0. The lowest BCUT2D eigenvalue weighted by Gasteiger charge is -2.14. The van der Waals surface area contributed by atoms with Crippen LogP contribution in [-0.4, -0.2) is 23.1 Å². The van der Waals surface area contributed by atoms with Gasteiger partial charge < -0.3 is 9.84 Å². The summed E-state index contributed by atoms with van der Waals surface area (Å²) < 4.78 is 5.16. The summed E-state index contributed by atoms with van der Waals surface area (Å²) in [7, 11) is 1.66. The SMILES string of the molecule is COc1ccc(CN2Cc3ccc(C(=O)O)cc3C2)cc1. The predicted molar refractivity (Wildman–Crippen MR) is 79.3 cm³/mol. The number of carboxylic acid groups (broad SMARTS) is 1. The minimum absolute atomic E-state index is 0.361. The fourth-order valence-electron chi connectivity index (χ4n) is 2.70. The molecular weight excluding hydrogens is 266 g/mol. The average Bonchev–Trinajstić information content (AvgIpc) is 2.89. The van der Waals surface area contributed by atoms with Crippen LogP contribution in [0, 0.1) is 0 Å². The number of benzene rings is 2. The molecule has 0 atom stereocenters. The van der Waals surface area contributed by atoms with Crippen LogP contribution in [0.1, 0.15) is 27.0 Å². The van der Waals surface area contributed by atoms with Crippen molar-refractivity contribution in [1.82, 2.24) is 4.90 Å². The molecule has 2 aromatic rings. The number of rotatable bonds is 4. The van der Waals surface area contributed by atoms with Crippen molar-refractivity contribution < 1.29 is 14.6 Å². The first-order valence-corrected chi connectivity index (χ1v) is 6.86. The second-order valence-corrected chi connectivity index (χ2v) is 5.28. The number of carboxylic acids is 1. The lowest BCUT2D eigenvalue weighted by Crippen LogP contribution is -2.15. The summed E-state index contributed by atoms with van der Waals surface area (Å²) >= 11 is 0. The van der Waals surface area contributed by atoms with Crippen LogP contribution in [-0.2, 0) is 19.6 Å². The monoisotopic (exact) mass is 283 g/mol. The van der Waals surface area contributed by atoms with E-state index in [0.717, 1.165) is 30.9 Å². The van der Waals surface area contributed by atoms with Gasteiger partial charge in [0.05, 0.1) is 12.7 Å². The van der Waals surface area contributed by atoms with Gasteiger partial charge in [-0.1, -0.05) is 18.2 Å². The molecule has 0 spiro atoms. The number of carbonyl (C=O) groups is 1. The summed E-state index contributed by atoms with van der Waals surface area (Å²) in [4.78, 5) is 13.3. The van der Waals surface area contributed by atoms with Crippen molar-refractivity contribution in [1.29, 1.82) is 0 Å². The zero-order valence-corrected chi connectivity index (χ0v) is 11.9. The Kier molecular flexibility index (Phi) is 3.62. The third-order valence-corrected chi connectivity index (χ3v) is 3.81. The van der Waals surface area contributed by atoms with E-state index < -0.39 is 5.97 Å². The van der Waals surface area contributed by atoms with Crippen molar-refractivity contribution in [2.24, 2.45) is 0 Å². The standard InChI is InChI=1S/C17H17NO3/c1-21-16-6-2-12(3-7-16)9-18-10-14-5-4-13(17(19)20)8-15(14)11-18/h2-8H,9-11H2,1H3,(H,19,20). The number of hydrogen-bond donors (Lipinski definition) is 1. The fraction of sp³-hybridized carbons (Fsp3) is 0.235. The molecule has 0 saturated heterocycles. The Morgan fingerprint density at radius 2 is 1.86 bits per heavy atom. The largest absolute Gasteiger partial charge is 0.497 e. The van der Waals surface area contributed by atoms with Crippen molar-refractivity contribution in [3.63, 3.8) is 0 Å². The first-order chi connectivity index (χ1) is 10.2. The third kappa shape index (κ3) is 2.90. The van der Waals surface area contributed by atoms with E-state index >= 15 is 0 Å². The molecule has 0 bridgehead atoms. The molecule has 0 unspecified atom stereocenters. The minimum atomic E-state index is -0.869. The van der Waals surface area contributed by atoms with E-state index in [-0.39, 0.29) is 0 Å². The van der Waals surface area contributed by atoms with Gasteiger partial charge in [0.1, 0.15) is 5.75 Å². The Morgan fingerprint density at radius 1 is 1.14 bits per heavy atom. The van der Waals surface area contributed by atoms with Gasteiger partial charge in [0.25, 0.3) is 0 Å². The first-order valence-electron chi connectivity index (χ1n) is 6.86. The van der Waals surface area contributed by atoms with Crippen LogP contribution in [0.15, 0.2) is 42.5 Å². The Morgan fingerprint density at radius 3 is 2.52 bits per heavy atom. The van der Waals surface area contributed by atoms with Crippen LogP contribution in [0.2, 0.25) is 0 Å². The number of hydrogen-bond acceptors (Lipinski definition) is 3. The summed E-state index contributed by atoms with van der Waals surface area (Å²) in [5.41, 5.74) is 3.92. The third-order valence-electron chi connectivity index (χ3n) is 3.81. The van der Waals surface area contributed by atoms with Crippen molar-refractivity contribution in [3.05, 3.63) is 64.7 Å². The van der Waals surface area contributed by atoms with E-state index in [1.165, 1.54) is 11.1 Å². The van der Waals surface area contributed by atoms with Crippen LogP contribution in [0.25, 0.3) is 0 Å². The highest BCUT2D eigenvalue weighted by molar-refractivity contribution is 5.87. The average molecular weight is 283 g/mol. The van der Waals surface area contributed by atoms with Crippen LogP contribution in [0.5, 0.6) is 5.75 Å². The van der Waals surface area contributed by atoms with Crippen molar-refractivity contribution in [3.8, 4) is 5.75 Å². The van der Waals surface area contributed by atoms with E-state index in [1.54, 1.807) is 19.2 Å². The Labute approximate surface area is 123 Å². The van der Waals surface area contributed by atoms with Gasteiger partial charge in [0.2, 0.25) is 0 Å². The number of fused-ring (bicyclic) bond motifs is 1. The maximum Gasteiger partial charge on any atom is 0.335 e. The number of aromatic carboxylic acids is 1. The molecule has 3 rings (SSSR count). The molecule has 1 aliphatic rings. The first kappa shape index (κ1) is 13.6. The molecule has 0 radical (unpaired) electrons. The van der Waals surface area contributed by atoms with Gasteiger partial charge in [-0.3, -0.25) is 4.90 Å². The minimum Gasteiger partial charge on any atom is -0.497 e. The Balaban J connectivity index is 1.70. The van der Waals surface area contributed by atoms with Gasteiger partial charge in [-0.05, 0) is 41.0 Å². The molecule has 0 fully saturated rings. The highest BCUT2D eigenvalue weighted by Gasteiger charge is 2.20. The van der Waals surface area contributed by atoms with E-state index in [4.69, 9.17) is 9.84 Å². The number of methoxy groups -OCH3 is 1. The fourth-order valence-corrected chi connectivity index (χ4v) is 2.70. The molecule has 4 nitrogen and oxygen atoms in total. The summed E-state index contributed by atoms with van der Waals surface area (Å²) in [5.74, 6) is -0.0130. The predicted octanol–water partition coefficient (Wildman–Crippen LogP) is 2.91. The van der Waals surface area contributed by atoms with Gasteiger partial charge in [0, 0.05) is 19.6 Å². The molecular formula is C17H17NO3. The lowest BCUT2D eigenvalue weighted by molar-refractivity contribution is 0.0696. The summed E-state index contributed by atoms with van der Waals surface area (Å²) in [6.07, 6.45) is 0. The molecule has 108 valence electrons.